The summed E-state index contributed by atoms with van der Waals surface area (Å²) in [4.78, 5) is 0. The third kappa shape index (κ3) is 2.30. The number of nitrogens with zero attached hydrogens (tertiary/aromatic N) is 1. The summed E-state index contributed by atoms with van der Waals surface area (Å²) in [6.45, 7) is 3.17. The lowest BCUT2D eigenvalue weighted by molar-refractivity contribution is 0.118. The van der Waals surface area contributed by atoms with Gasteiger partial charge in [0, 0.05) is 14.1 Å². The van der Waals surface area contributed by atoms with E-state index in [1.807, 2.05) is 0 Å². The maximum Gasteiger partial charge on any atom is 0.224 e. The van der Waals surface area contributed by atoms with Crippen LogP contribution in [0.3, 0.4) is 0 Å². The number of hydrogen-bond donors (Lipinski definition) is 1. The minimum atomic E-state index is -3.39. The van der Waals surface area contributed by atoms with Crippen LogP contribution in [0, 0.1) is 0 Å². The summed E-state index contributed by atoms with van der Waals surface area (Å²) in [7, 11) is -0.412. The molecule has 0 saturated carbocycles. The first-order chi connectivity index (χ1) is 6.67. The molecule has 0 amide bonds. The molecule has 86 valence electrons. The molecule has 0 fully saturated rings. The van der Waals surface area contributed by atoms with Gasteiger partial charge in [0.15, 0.2) is 0 Å². The average Bonchev–Trinajstić information content (AvgIpc) is 2.49. The highest BCUT2D eigenvalue weighted by molar-refractivity contribution is 7.90. The van der Waals surface area contributed by atoms with E-state index >= 15 is 0 Å². The molecule has 0 spiro atoms. The normalized spacial score (nSPS) is 22.3. The first-order valence-electron chi connectivity index (χ1n) is 4.70. The van der Waals surface area contributed by atoms with Crippen LogP contribution >= 0.6 is 0 Å². The van der Waals surface area contributed by atoms with Gasteiger partial charge in [-0.3, -0.25) is 0 Å². The van der Waals surface area contributed by atoms with Crippen molar-refractivity contribution in [2.75, 3.05) is 14.1 Å². The minimum Gasteiger partial charge on any atom is -0.386 e. The fourth-order valence-electron chi connectivity index (χ4n) is 1.50. The van der Waals surface area contributed by atoms with Crippen LogP contribution in [-0.2, 0) is 10.0 Å². The summed E-state index contributed by atoms with van der Waals surface area (Å²) in [5, 5.41) is 9.10. The fourth-order valence-corrected chi connectivity index (χ4v) is 2.93. The molecule has 0 aliphatic heterocycles. The first-order valence-corrected chi connectivity index (χ1v) is 6.20. The van der Waals surface area contributed by atoms with Gasteiger partial charge < -0.3 is 5.11 Å². The summed E-state index contributed by atoms with van der Waals surface area (Å²) >= 11 is 0. The molecule has 1 aliphatic carbocycles. The van der Waals surface area contributed by atoms with Gasteiger partial charge in [0.2, 0.25) is 10.0 Å². The molecule has 4 nitrogen and oxygen atoms in total. The maximum absolute atomic E-state index is 11.9. The van der Waals surface area contributed by atoms with Gasteiger partial charge >= 0.3 is 0 Å². The smallest absolute Gasteiger partial charge is 0.224 e. The number of rotatable bonds is 3. The van der Waals surface area contributed by atoms with Gasteiger partial charge in [-0.25, -0.2) is 12.7 Å². The van der Waals surface area contributed by atoms with Crippen LogP contribution in [0.4, 0.5) is 0 Å². The van der Waals surface area contributed by atoms with E-state index in [1.54, 1.807) is 32.1 Å². The van der Waals surface area contributed by atoms with E-state index in [2.05, 4.69) is 0 Å². The van der Waals surface area contributed by atoms with E-state index in [-0.39, 0.29) is 0 Å². The summed E-state index contributed by atoms with van der Waals surface area (Å²) in [6.07, 6.45) is 4.91. The third-order valence-electron chi connectivity index (χ3n) is 2.40. The lowest BCUT2D eigenvalue weighted by Gasteiger charge is -2.27. The molecule has 1 N–H and O–H groups in total. The zero-order chi connectivity index (χ0) is 11.9. The van der Waals surface area contributed by atoms with Crippen LogP contribution < -0.4 is 0 Å². The maximum atomic E-state index is 11.9. The van der Waals surface area contributed by atoms with Crippen molar-refractivity contribution in [3.8, 4) is 0 Å². The molecule has 0 aromatic rings. The Morgan fingerprint density at radius 1 is 1.40 bits per heavy atom. The second kappa shape index (κ2) is 3.73. The Balaban J connectivity index is 3.11. The van der Waals surface area contributed by atoms with Crippen molar-refractivity contribution in [3.05, 3.63) is 23.8 Å². The first kappa shape index (κ1) is 12.4. The third-order valence-corrected chi connectivity index (χ3v) is 4.48. The number of sulfonamides is 1. The van der Waals surface area contributed by atoms with Gasteiger partial charge in [0.05, 0.1) is 5.60 Å². The van der Waals surface area contributed by atoms with Crippen molar-refractivity contribution < 1.29 is 13.5 Å². The molecular formula is C10H17NO3S. The predicted octanol–water partition coefficient (Wildman–Crippen LogP) is 0.514. The molecule has 0 heterocycles. The summed E-state index contributed by atoms with van der Waals surface area (Å²) in [5.41, 5.74) is -0.603. The fraction of sp³-hybridized carbons (Fsp3) is 0.600. The van der Waals surface area contributed by atoms with Crippen molar-refractivity contribution in [1.29, 1.82) is 0 Å². The molecule has 1 unspecified atom stereocenters. The van der Waals surface area contributed by atoms with Gasteiger partial charge in [-0.2, -0.15) is 0 Å². The predicted molar refractivity (Wildman–Crippen MR) is 59.9 cm³/mol. The summed E-state index contributed by atoms with van der Waals surface area (Å²) in [5.74, 6) is 0. The number of aliphatic hydroxyl groups is 1. The van der Waals surface area contributed by atoms with E-state index in [0.29, 0.717) is 5.57 Å². The topological polar surface area (TPSA) is 57.6 Å². The van der Waals surface area contributed by atoms with E-state index in [4.69, 9.17) is 0 Å². The van der Waals surface area contributed by atoms with E-state index < -0.39 is 20.9 Å². The molecular weight excluding hydrogens is 214 g/mol. The van der Waals surface area contributed by atoms with Crippen LogP contribution in [0.2, 0.25) is 0 Å². The average molecular weight is 231 g/mol. The van der Waals surface area contributed by atoms with Crippen LogP contribution in [-0.4, -0.2) is 42.8 Å². The van der Waals surface area contributed by atoms with Crippen molar-refractivity contribution >= 4 is 10.0 Å². The molecule has 0 aromatic carbocycles. The van der Waals surface area contributed by atoms with E-state index in [0.717, 1.165) is 0 Å². The summed E-state index contributed by atoms with van der Waals surface area (Å²) < 4.78 is 25.0. The van der Waals surface area contributed by atoms with Crippen molar-refractivity contribution in [1.82, 2.24) is 4.31 Å². The Morgan fingerprint density at radius 2 is 1.93 bits per heavy atom. The number of hydrogen-bond acceptors (Lipinski definition) is 3. The van der Waals surface area contributed by atoms with Gasteiger partial charge in [-0.15, -0.1) is 0 Å². The Bertz CT molecular complexity index is 399. The Hall–Kier alpha value is -0.650. The standard InChI is InChI=1S/C10H17NO3S/c1-10(2,12)8-6-5-7-9(8)15(13,14)11(3)4/h5-7,9,12H,1-4H3. The highest BCUT2D eigenvalue weighted by Gasteiger charge is 2.37. The molecule has 5 heteroatoms. The Kier molecular flexibility index (Phi) is 3.09. The van der Waals surface area contributed by atoms with Crippen molar-refractivity contribution in [2.45, 2.75) is 24.7 Å². The zero-order valence-corrected chi connectivity index (χ0v) is 10.2. The molecule has 0 saturated heterocycles. The molecule has 15 heavy (non-hydrogen) atoms. The van der Waals surface area contributed by atoms with Crippen molar-refractivity contribution in [3.63, 3.8) is 0 Å². The van der Waals surface area contributed by atoms with Gasteiger partial charge in [0.25, 0.3) is 0 Å². The minimum absolute atomic E-state index is 0.510. The van der Waals surface area contributed by atoms with E-state index in [1.165, 1.54) is 18.4 Å². The van der Waals surface area contributed by atoms with Gasteiger partial charge in [-0.1, -0.05) is 18.2 Å². The molecule has 0 aromatic heterocycles. The van der Waals surface area contributed by atoms with Crippen LogP contribution in [0.25, 0.3) is 0 Å². The summed E-state index contributed by atoms with van der Waals surface area (Å²) in [6, 6.07) is 0. The largest absolute Gasteiger partial charge is 0.386 e. The highest BCUT2D eigenvalue weighted by atomic mass is 32.2. The van der Waals surface area contributed by atoms with E-state index in [9.17, 15) is 13.5 Å². The number of allylic oxidation sites excluding steroid dienone is 2. The quantitative estimate of drug-likeness (QED) is 0.770. The van der Waals surface area contributed by atoms with Crippen LogP contribution in [0.1, 0.15) is 13.8 Å². The molecule has 0 bridgehead atoms. The second-order valence-electron chi connectivity index (χ2n) is 4.31. The second-order valence-corrected chi connectivity index (χ2v) is 6.58. The van der Waals surface area contributed by atoms with Crippen LogP contribution in [0.15, 0.2) is 23.8 Å². The lowest BCUT2D eigenvalue weighted by Crippen LogP contribution is -2.38. The monoisotopic (exact) mass is 231 g/mol. The Morgan fingerprint density at radius 3 is 2.33 bits per heavy atom. The molecule has 1 atom stereocenters. The Labute approximate surface area is 91.0 Å². The molecule has 0 radical (unpaired) electrons. The van der Waals surface area contributed by atoms with Gasteiger partial charge in [-0.05, 0) is 19.4 Å². The van der Waals surface area contributed by atoms with Crippen LogP contribution in [0.5, 0.6) is 0 Å². The molecule has 1 aliphatic rings. The highest BCUT2D eigenvalue weighted by Crippen LogP contribution is 2.29. The van der Waals surface area contributed by atoms with Gasteiger partial charge in [0.1, 0.15) is 5.25 Å². The van der Waals surface area contributed by atoms with Crippen molar-refractivity contribution in [2.24, 2.45) is 0 Å². The lowest BCUT2D eigenvalue weighted by atomic mass is 9.97. The zero-order valence-electron chi connectivity index (χ0n) is 9.43. The molecule has 1 rings (SSSR count). The SMILES string of the molecule is CN(C)S(=O)(=O)C1C=CC=C1C(C)(C)O.